The predicted molar refractivity (Wildman–Crippen MR) is 59.4 cm³/mol. The van der Waals surface area contributed by atoms with E-state index in [0.717, 1.165) is 24.5 Å². The first kappa shape index (κ1) is 11.8. The first-order chi connectivity index (χ1) is 7.16. The fourth-order valence-corrected chi connectivity index (χ4v) is 1.68. The Kier molecular flexibility index (Phi) is 3.88. The minimum atomic E-state index is 0.144. The number of rotatable bonds is 0. The summed E-state index contributed by atoms with van der Waals surface area (Å²) in [4.78, 5) is 13.0. The first-order valence-corrected chi connectivity index (χ1v) is 5.45. The van der Waals surface area contributed by atoms with Crippen LogP contribution in [0.2, 0.25) is 0 Å². The molecule has 0 saturated carbocycles. The molecule has 4 nitrogen and oxygen atoms in total. The molecule has 4 heteroatoms. The normalized spacial score (nSPS) is 14.0. The van der Waals surface area contributed by atoms with E-state index >= 15 is 0 Å². The van der Waals surface area contributed by atoms with Crippen LogP contribution in [0.15, 0.2) is 6.07 Å². The van der Waals surface area contributed by atoms with Gasteiger partial charge in [0, 0.05) is 13.5 Å². The van der Waals surface area contributed by atoms with Crippen molar-refractivity contribution in [1.82, 2.24) is 14.7 Å². The third-order valence-electron chi connectivity index (χ3n) is 2.37. The number of amides is 1. The maximum atomic E-state index is 11.1. The van der Waals surface area contributed by atoms with Crippen LogP contribution in [-0.4, -0.2) is 27.1 Å². The average Bonchev–Trinajstić information content (AvgIpc) is 2.59. The van der Waals surface area contributed by atoms with E-state index in [2.05, 4.69) is 5.10 Å². The van der Waals surface area contributed by atoms with Crippen LogP contribution in [0.25, 0.3) is 0 Å². The van der Waals surface area contributed by atoms with Crippen LogP contribution in [0, 0.1) is 6.92 Å². The van der Waals surface area contributed by atoms with Gasteiger partial charge in [0.05, 0.1) is 24.5 Å². The van der Waals surface area contributed by atoms with Crippen molar-refractivity contribution in [3.05, 3.63) is 17.5 Å². The summed E-state index contributed by atoms with van der Waals surface area (Å²) in [7, 11) is 0. The van der Waals surface area contributed by atoms with Crippen molar-refractivity contribution in [2.75, 3.05) is 6.54 Å². The van der Waals surface area contributed by atoms with Crippen molar-refractivity contribution < 1.29 is 4.79 Å². The van der Waals surface area contributed by atoms with Crippen molar-refractivity contribution in [3.63, 3.8) is 0 Å². The Morgan fingerprint density at radius 2 is 2.07 bits per heavy atom. The highest BCUT2D eigenvalue weighted by Crippen LogP contribution is 2.12. The van der Waals surface area contributed by atoms with Gasteiger partial charge < -0.3 is 4.90 Å². The van der Waals surface area contributed by atoms with E-state index in [4.69, 9.17) is 0 Å². The standard InChI is InChI=1S/C9H13N3O.C2H6/c1-7-5-9-6-11(8(2)13)3-4-12(9)10-7;1-2/h5H,3-4,6H2,1-2H3;1-2H3. The van der Waals surface area contributed by atoms with Crippen LogP contribution in [-0.2, 0) is 17.9 Å². The van der Waals surface area contributed by atoms with Gasteiger partial charge in [-0.1, -0.05) is 13.8 Å². The molecule has 1 aliphatic rings. The molecule has 0 fully saturated rings. The second kappa shape index (κ2) is 4.96. The number of carbonyl (C=O) groups is 1. The topological polar surface area (TPSA) is 38.1 Å². The van der Waals surface area contributed by atoms with Crippen molar-refractivity contribution >= 4 is 5.91 Å². The van der Waals surface area contributed by atoms with Gasteiger partial charge in [-0.2, -0.15) is 5.10 Å². The molecule has 0 aliphatic carbocycles. The van der Waals surface area contributed by atoms with Gasteiger partial charge in [0.2, 0.25) is 5.91 Å². The van der Waals surface area contributed by atoms with Gasteiger partial charge in [0.1, 0.15) is 0 Å². The molecular formula is C11H19N3O. The van der Waals surface area contributed by atoms with Gasteiger partial charge in [-0.15, -0.1) is 0 Å². The molecule has 0 radical (unpaired) electrons. The largest absolute Gasteiger partial charge is 0.335 e. The summed E-state index contributed by atoms with van der Waals surface area (Å²) < 4.78 is 1.98. The zero-order valence-corrected chi connectivity index (χ0v) is 9.95. The van der Waals surface area contributed by atoms with Crippen molar-refractivity contribution in [2.24, 2.45) is 0 Å². The van der Waals surface area contributed by atoms with Crippen molar-refractivity contribution in [2.45, 2.75) is 40.8 Å². The Morgan fingerprint density at radius 1 is 1.40 bits per heavy atom. The van der Waals surface area contributed by atoms with E-state index < -0.39 is 0 Å². The van der Waals surface area contributed by atoms with E-state index in [0.29, 0.717) is 6.54 Å². The zero-order valence-electron chi connectivity index (χ0n) is 9.95. The molecule has 0 unspecified atom stereocenters. The molecule has 1 aliphatic heterocycles. The number of hydrogen-bond acceptors (Lipinski definition) is 2. The molecule has 1 amide bonds. The molecule has 15 heavy (non-hydrogen) atoms. The molecule has 0 N–H and O–H groups in total. The molecular weight excluding hydrogens is 190 g/mol. The Hall–Kier alpha value is -1.32. The number of aromatic nitrogens is 2. The summed E-state index contributed by atoms with van der Waals surface area (Å²) in [6.45, 7) is 9.89. The van der Waals surface area contributed by atoms with Crippen molar-refractivity contribution in [1.29, 1.82) is 0 Å². The third kappa shape index (κ3) is 2.58. The smallest absolute Gasteiger partial charge is 0.219 e. The molecule has 84 valence electrons. The molecule has 2 rings (SSSR count). The average molecular weight is 209 g/mol. The molecule has 1 aromatic heterocycles. The van der Waals surface area contributed by atoms with Gasteiger partial charge >= 0.3 is 0 Å². The van der Waals surface area contributed by atoms with Crippen LogP contribution < -0.4 is 0 Å². The molecule has 0 atom stereocenters. The van der Waals surface area contributed by atoms with E-state index in [1.165, 1.54) is 0 Å². The minimum Gasteiger partial charge on any atom is -0.335 e. The van der Waals surface area contributed by atoms with Crippen LogP contribution in [0.1, 0.15) is 32.2 Å². The van der Waals surface area contributed by atoms with E-state index in [9.17, 15) is 4.79 Å². The summed E-state index contributed by atoms with van der Waals surface area (Å²) in [6.07, 6.45) is 0. The highest BCUT2D eigenvalue weighted by atomic mass is 16.2. The maximum Gasteiger partial charge on any atom is 0.219 e. The number of aryl methyl sites for hydroxylation is 1. The monoisotopic (exact) mass is 209 g/mol. The number of carbonyl (C=O) groups excluding carboxylic acids is 1. The molecule has 0 aromatic carbocycles. The lowest BCUT2D eigenvalue weighted by Gasteiger charge is -2.26. The van der Waals surface area contributed by atoms with Gasteiger partial charge in [0.25, 0.3) is 0 Å². The Labute approximate surface area is 90.9 Å². The van der Waals surface area contributed by atoms with E-state index in [1.54, 1.807) is 6.92 Å². The molecule has 0 bridgehead atoms. The summed E-state index contributed by atoms with van der Waals surface area (Å²) in [5.74, 6) is 0.144. The van der Waals surface area contributed by atoms with Crippen LogP contribution in [0.4, 0.5) is 0 Å². The second-order valence-corrected chi connectivity index (χ2v) is 3.44. The summed E-state index contributed by atoms with van der Waals surface area (Å²) >= 11 is 0. The van der Waals surface area contributed by atoms with Gasteiger partial charge in [-0.3, -0.25) is 9.48 Å². The fraction of sp³-hybridized carbons (Fsp3) is 0.636. The zero-order chi connectivity index (χ0) is 11.4. The molecule has 0 spiro atoms. The number of nitrogens with zero attached hydrogens (tertiary/aromatic N) is 3. The Bertz CT molecular complexity index is 344. The van der Waals surface area contributed by atoms with E-state index in [-0.39, 0.29) is 5.91 Å². The molecule has 1 aromatic rings. The summed E-state index contributed by atoms with van der Waals surface area (Å²) in [5.41, 5.74) is 2.17. The highest BCUT2D eigenvalue weighted by molar-refractivity contribution is 5.73. The fourth-order valence-electron chi connectivity index (χ4n) is 1.68. The Morgan fingerprint density at radius 3 is 2.67 bits per heavy atom. The van der Waals surface area contributed by atoms with Crippen LogP contribution in [0.5, 0.6) is 0 Å². The van der Waals surface area contributed by atoms with E-state index in [1.807, 2.05) is 36.4 Å². The second-order valence-electron chi connectivity index (χ2n) is 3.44. The molecule has 0 saturated heterocycles. The van der Waals surface area contributed by atoms with Gasteiger partial charge in [-0.05, 0) is 13.0 Å². The third-order valence-corrected chi connectivity index (χ3v) is 2.37. The van der Waals surface area contributed by atoms with Gasteiger partial charge in [0.15, 0.2) is 0 Å². The molecule has 2 heterocycles. The highest BCUT2D eigenvalue weighted by Gasteiger charge is 2.18. The quantitative estimate of drug-likeness (QED) is 0.650. The van der Waals surface area contributed by atoms with Crippen LogP contribution >= 0.6 is 0 Å². The SMILES string of the molecule is CC.CC(=O)N1CCn2nc(C)cc2C1. The minimum absolute atomic E-state index is 0.144. The summed E-state index contributed by atoms with van der Waals surface area (Å²) in [6, 6.07) is 2.04. The lowest BCUT2D eigenvalue weighted by molar-refractivity contribution is -0.130. The summed E-state index contributed by atoms with van der Waals surface area (Å²) in [5, 5.41) is 4.32. The predicted octanol–water partition coefficient (Wildman–Crippen LogP) is 1.58. The number of hydrogen-bond donors (Lipinski definition) is 0. The number of fused-ring (bicyclic) bond motifs is 1. The van der Waals surface area contributed by atoms with Crippen LogP contribution in [0.3, 0.4) is 0 Å². The lowest BCUT2D eigenvalue weighted by atomic mass is 10.3. The van der Waals surface area contributed by atoms with Crippen molar-refractivity contribution in [3.8, 4) is 0 Å². The van der Waals surface area contributed by atoms with Gasteiger partial charge in [-0.25, -0.2) is 0 Å². The first-order valence-electron chi connectivity index (χ1n) is 5.45. The lowest BCUT2D eigenvalue weighted by Crippen LogP contribution is -2.36. The Balaban J connectivity index is 0.000000531. The maximum absolute atomic E-state index is 11.1.